The van der Waals surface area contributed by atoms with Crippen molar-refractivity contribution in [1.29, 1.82) is 0 Å². The average Bonchev–Trinajstić information content (AvgIpc) is 3.38. The largest absolute Gasteiger partial charge is 0.463 e. The summed E-state index contributed by atoms with van der Waals surface area (Å²) in [5.41, 5.74) is 6.02. The van der Waals surface area contributed by atoms with Gasteiger partial charge < -0.3 is 18.8 Å². The number of aromatic nitrogens is 1. The molecule has 5 rings (SSSR count). The molecule has 1 amide bonds. The van der Waals surface area contributed by atoms with E-state index in [1.54, 1.807) is 6.26 Å². The van der Waals surface area contributed by atoms with Gasteiger partial charge in [-0.1, -0.05) is 48.0 Å². The Bertz CT molecular complexity index is 1150. The molecule has 3 heterocycles. The van der Waals surface area contributed by atoms with E-state index in [4.69, 9.17) is 4.42 Å². The van der Waals surface area contributed by atoms with Crippen LogP contribution in [0.2, 0.25) is 0 Å². The molecule has 152 valence electrons. The molecular formula is C25H25N3O2. The van der Waals surface area contributed by atoms with E-state index in [0.29, 0.717) is 25.3 Å². The van der Waals surface area contributed by atoms with Gasteiger partial charge in [-0.2, -0.15) is 0 Å². The summed E-state index contributed by atoms with van der Waals surface area (Å²) in [4.78, 5) is 17.7. The van der Waals surface area contributed by atoms with Crippen molar-refractivity contribution >= 4 is 22.7 Å². The fourth-order valence-electron chi connectivity index (χ4n) is 4.17. The number of furan rings is 1. The van der Waals surface area contributed by atoms with Gasteiger partial charge in [-0.25, -0.2) is 0 Å². The number of aryl methyl sites for hydroxylation is 1. The summed E-state index contributed by atoms with van der Waals surface area (Å²) >= 11 is 0. The van der Waals surface area contributed by atoms with Crippen molar-refractivity contribution in [3.05, 3.63) is 89.8 Å². The van der Waals surface area contributed by atoms with Gasteiger partial charge in [0.2, 0.25) is 0 Å². The number of piperazine rings is 1. The summed E-state index contributed by atoms with van der Waals surface area (Å²) < 4.78 is 7.69. The molecule has 0 unspecified atom stereocenters. The molecule has 0 spiro atoms. The molecular weight excluding hydrogens is 374 g/mol. The number of carbonyl (C=O) groups is 1. The lowest BCUT2D eigenvalue weighted by Crippen LogP contribution is -2.49. The Morgan fingerprint density at radius 3 is 2.40 bits per heavy atom. The van der Waals surface area contributed by atoms with Gasteiger partial charge in [-0.05, 0) is 24.6 Å². The third kappa shape index (κ3) is 3.47. The summed E-state index contributed by atoms with van der Waals surface area (Å²) in [7, 11) is 0. The standard InChI is InChI=1S/C25H25N3O2/c1-19-7-9-20(10-8-19)18-28-22-11-16-30-24(22)17-23(28)25(29)27-14-12-26(13-15-27)21-5-3-2-4-6-21/h2-11,16-17H,12-15,18H2,1H3. The molecule has 0 atom stereocenters. The molecule has 2 aromatic heterocycles. The number of rotatable bonds is 4. The molecule has 1 saturated heterocycles. The van der Waals surface area contributed by atoms with E-state index in [2.05, 4.69) is 64.9 Å². The van der Waals surface area contributed by atoms with E-state index in [1.165, 1.54) is 16.8 Å². The zero-order chi connectivity index (χ0) is 20.5. The fourth-order valence-corrected chi connectivity index (χ4v) is 4.17. The fraction of sp³-hybridized carbons (Fsp3) is 0.240. The summed E-state index contributed by atoms with van der Waals surface area (Å²) in [6.45, 7) is 5.83. The maximum Gasteiger partial charge on any atom is 0.270 e. The highest BCUT2D eigenvalue weighted by molar-refractivity contribution is 5.97. The summed E-state index contributed by atoms with van der Waals surface area (Å²) in [5, 5.41) is 0. The lowest BCUT2D eigenvalue weighted by atomic mass is 10.1. The summed E-state index contributed by atoms with van der Waals surface area (Å²) in [5.74, 6) is 0.0706. The smallest absolute Gasteiger partial charge is 0.270 e. The molecule has 0 aliphatic carbocycles. The molecule has 5 heteroatoms. The first-order valence-electron chi connectivity index (χ1n) is 10.4. The molecule has 2 aromatic carbocycles. The lowest BCUT2D eigenvalue weighted by Gasteiger charge is -2.36. The van der Waals surface area contributed by atoms with Gasteiger partial charge in [0.15, 0.2) is 5.58 Å². The van der Waals surface area contributed by atoms with Gasteiger partial charge in [0, 0.05) is 50.5 Å². The Hall–Kier alpha value is -3.47. The van der Waals surface area contributed by atoms with Crippen LogP contribution in [-0.2, 0) is 6.54 Å². The first-order chi connectivity index (χ1) is 14.7. The molecule has 0 N–H and O–H groups in total. The molecule has 30 heavy (non-hydrogen) atoms. The van der Waals surface area contributed by atoms with Crippen molar-refractivity contribution in [2.45, 2.75) is 13.5 Å². The molecule has 0 radical (unpaired) electrons. The topological polar surface area (TPSA) is 41.6 Å². The number of nitrogens with zero attached hydrogens (tertiary/aromatic N) is 3. The maximum absolute atomic E-state index is 13.4. The number of benzene rings is 2. The van der Waals surface area contributed by atoms with Crippen molar-refractivity contribution in [2.24, 2.45) is 0 Å². The van der Waals surface area contributed by atoms with Gasteiger partial charge in [0.1, 0.15) is 5.69 Å². The number of para-hydroxylation sites is 1. The van der Waals surface area contributed by atoms with Gasteiger partial charge in [0.25, 0.3) is 5.91 Å². The first-order valence-corrected chi connectivity index (χ1v) is 10.4. The van der Waals surface area contributed by atoms with E-state index >= 15 is 0 Å². The Kier molecular flexibility index (Phi) is 4.79. The molecule has 4 aromatic rings. The number of fused-ring (bicyclic) bond motifs is 1. The minimum atomic E-state index is 0.0706. The number of hydrogen-bond acceptors (Lipinski definition) is 3. The summed E-state index contributed by atoms with van der Waals surface area (Å²) in [6, 6.07) is 22.7. The highest BCUT2D eigenvalue weighted by Crippen LogP contribution is 2.25. The average molecular weight is 399 g/mol. The van der Waals surface area contributed by atoms with Crippen LogP contribution in [0.15, 0.2) is 77.4 Å². The van der Waals surface area contributed by atoms with Gasteiger partial charge in [0.05, 0.1) is 11.8 Å². The number of carbonyl (C=O) groups excluding carboxylic acids is 1. The van der Waals surface area contributed by atoms with Crippen LogP contribution in [0.25, 0.3) is 11.1 Å². The highest BCUT2D eigenvalue weighted by Gasteiger charge is 2.26. The van der Waals surface area contributed by atoms with Crippen LogP contribution in [0.1, 0.15) is 21.6 Å². The van der Waals surface area contributed by atoms with Crippen LogP contribution in [0.3, 0.4) is 0 Å². The summed E-state index contributed by atoms with van der Waals surface area (Å²) in [6.07, 6.45) is 1.68. The van der Waals surface area contributed by atoms with Crippen molar-refractivity contribution in [3.63, 3.8) is 0 Å². The first kappa shape index (κ1) is 18.6. The number of hydrogen-bond donors (Lipinski definition) is 0. The highest BCUT2D eigenvalue weighted by atomic mass is 16.3. The zero-order valence-corrected chi connectivity index (χ0v) is 17.1. The van der Waals surface area contributed by atoms with Crippen LogP contribution in [0.4, 0.5) is 5.69 Å². The maximum atomic E-state index is 13.4. The van der Waals surface area contributed by atoms with Crippen LogP contribution >= 0.6 is 0 Å². The van der Waals surface area contributed by atoms with Crippen molar-refractivity contribution < 1.29 is 9.21 Å². The van der Waals surface area contributed by atoms with Gasteiger partial charge in [-0.15, -0.1) is 0 Å². The van der Waals surface area contributed by atoms with Crippen molar-refractivity contribution in [2.75, 3.05) is 31.1 Å². The van der Waals surface area contributed by atoms with Crippen LogP contribution in [-0.4, -0.2) is 41.6 Å². The predicted octanol–water partition coefficient (Wildman–Crippen LogP) is 4.55. The Morgan fingerprint density at radius 1 is 0.933 bits per heavy atom. The molecule has 1 aliphatic heterocycles. The molecule has 1 fully saturated rings. The SMILES string of the molecule is Cc1ccc(Cn2c(C(=O)N3CCN(c4ccccc4)CC3)cc3occc32)cc1. The normalized spacial score (nSPS) is 14.4. The van der Waals surface area contributed by atoms with E-state index in [0.717, 1.165) is 24.2 Å². The zero-order valence-electron chi connectivity index (χ0n) is 17.1. The monoisotopic (exact) mass is 399 g/mol. The van der Waals surface area contributed by atoms with Crippen molar-refractivity contribution in [1.82, 2.24) is 9.47 Å². The van der Waals surface area contributed by atoms with Crippen LogP contribution in [0, 0.1) is 6.92 Å². The Morgan fingerprint density at radius 2 is 1.67 bits per heavy atom. The number of amides is 1. The lowest BCUT2D eigenvalue weighted by molar-refractivity contribution is 0.0737. The Labute approximate surface area is 176 Å². The van der Waals surface area contributed by atoms with Crippen molar-refractivity contribution in [3.8, 4) is 0 Å². The third-order valence-corrected chi connectivity index (χ3v) is 5.89. The minimum Gasteiger partial charge on any atom is -0.463 e. The van der Waals surface area contributed by atoms with Gasteiger partial charge in [-0.3, -0.25) is 4.79 Å². The van der Waals surface area contributed by atoms with E-state index in [9.17, 15) is 4.79 Å². The van der Waals surface area contributed by atoms with Gasteiger partial charge >= 0.3 is 0 Å². The van der Waals surface area contributed by atoms with Crippen LogP contribution < -0.4 is 4.90 Å². The number of anilines is 1. The van der Waals surface area contributed by atoms with E-state index in [1.807, 2.05) is 23.1 Å². The second-order valence-corrected chi connectivity index (χ2v) is 7.89. The second-order valence-electron chi connectivity index (χ2n) is 7.89. The minimum absolute atomic E-state index is 0.0706. The predicted molar refractivity (Wildman–Crippen MR) is 119 cm³/mol. The molecule has 5 nitrogen and oxygen atoms in total. The Balaban J connectivity index is 1.37. The second kappa shape index (κ2) is 7.75. The van der Waals surface area contributed by atoms with E-state index in [-0.39, 0.29) is 5.91 Å². The molecule has 0 bridgehead atoms. The quantitative estimate of drug-likeness (QED) is 0.505. The molecule has 0 saturated carbocycles. The third-order valence-electron chi connectivity index (χ3n) is 5.89. The molecule has 1 aliphatic rings. The van der Waals surface area contributed by atoms with Crippen LogP contribution in [0.5, 0.6) is 0 Å². The van der Waals surface area contributed by atoms with E-state index < -0.39 is 0 Å².